The van der Waals surface area contributed by atoms with Crippen molar-refractivity contribution in [2.45, 2.75) is 39.3 Å². The Hall–Kier alpha value is -2.04. The van der Waals surface area contributed by atoms with Crippen molar-refractivity contribution in [3.05, 3.63) is 29.8 Å². The van der Waals surface area contributed by atoms with Crippen LogP contribution in [0.25, 0.3) is 0 Å². The lowest BCUT2D eigenvalue weighted by atomic mass is 10.1. The Morgan fingerprint density at radius 1 is 1.41 bits per heavy atom. The highest BCUT2D eigenvalue weighted by Crippen LogP contribution is 2.21. The zero-order chi connectivity index (χ0) is 16.1. The van der Waals surface area contributed by atoms with Crippen molar-refractivity contribution in [2.24, 2.45) is 5.92 Å². The summed E-state index contributed by atoms with van der Waals surface area (Å²) in [6.45, 7) is 5.04. The first-order valence-corrected chi connectivity index (χ1v) is 7.74. The minimum absolute atomic E-state index is 0.0140. The molecule has 1 heterocycles. The summed E-state index contributed by atoms with van der Waals surface area (Å²) in [7, 11) is 1.62. The van der Waals surface area contributed by atoms with Gasteiger partial charge in [0, 0.05) is 25.6 Å². The predicted molar refractivity (Wildman–Crippen MR) is 84.4 cm³/mol. The first-order chi connectivity index (χ1) is 10.5. The molecule has 0 radical (unpaired) electrons. The average Bonchev–Trinajstić information content (AvgIpc) is 2.89. The van der Waals surface area contributed by atoms with E-state index in [2.05, 4.69) is 5.32 Å². The summed E-state index contributed by atoms with van der Waals surface area (Å²) < 4.78 is 5.12. The number of hydrogen-bond acceptors (Lipinski definition) is 3. The van der Waals surface area contributed by atoms with Crippen LogP contribution in [0.1, 0.15) is 32.3 Å². The predicted octanol–water partition coefficient (Wildman–Crippen LogP) is 1.96. The van der Waals surface area contributed by atoms with E-state index in [1.807, 2.05) is 38.1 Å². The Balaban J connectivity index is 1.93. The molecule has 22 heavy (non-hydrogen) atoms. The third-order valence-corrected chi connectivity index (χ3v) is 4.12. The van der Waals surface area contributed by atoms with Crippen LogP contribution in [0.5, 0.6) is 5.75 Å². The average molecular weight is 304 g/mol. The topological polar surface area (TPSA) is 58.6 Å². The van der Waals surface area contributed by atoms with E-state index in [9.17, 15) is 9.59 Å². The molecule has 1 aromatic carbocycles. The van der Waals surface area contributed by atoms with Crippen LogP contribution in [0.3, 0.4) is 0 Å². The molecule has 1 aromatic rings. The number of ether oxygens (including phenoxy) is 1. The molecule has 0 saturated carbocycles. The van der Waals surface area contributed by atoms with E-state index in [1.54, 1.807) is 12.0 Å². The molecule has 1 aliphatic heterocycles. The highest BCUT2D eigenvalue weighted by molar-refractivity contribution is 5.89. The van der Waals surface area contributed by atoms with Crippen molar-refractivity contribution >= 4 is 11.8 Å². The minimum atomic E-state index is -0.236. The number of benzene rings is 1. The highest BCUT2D eigenvalue weighted by atomic mass is 16.5. The highest BCUT2D eigenvalue weighted by Gasteiger charge is 2.34. The molecular weight excluding hydrogens is 280 g/mol. The van der Waals surface area contributed by atoms with Gasteiger partial charge < -0.3 is 15.0 Å². The van der Waals surface area contributed by atoms with E-state index >= 15 is 0 Å². The van der Waals surface area contributed by atoms with E-state index in [0.717, 1.165) is 17.7 Å². The minimum Gasteiger partial charge on any atom is -0.497 e. The summed E-state index contributed by atoms with van der Waals surface area (Å²) in [6.07, 6.45) is 1.19. The molecule has 2 rings (SSSR count). The third kappa shape index (κ3) is 4.00. The van der Waals surface area contributed by atoms with Crippen molar-refractivity contribution in [3.63, 3.8) is 0 Å². The van der Waals surface area contributed by atoms with Gasteiger partial charge >= 0.3 is 0 Å². The van der Waals surface area contributed by atoms with Gasteiger partial charge in [-0.3, -0.25) is 9.59 Å². The number of nitrogens with zero attached hydrogens (tertiary/aromatic N) is 1. The first-order valence-electron chi connectivity index (χ1n) is 7.74. The van der Waals surface area contributed by atoms with E-state index in [0.29, 0.717) is 19.5 Å². The van der Waals surface area contributed by atoms with Gasteiger partial charge in [-0.2, -0.15) is 0 Å². The van der Waals surface area contributed by atoms with E-state index in [1.165, 1.54) is 0 Å². The van der Waals surface area contributed by atoms with Crippen LogP contribution in [0.2, 0.25) is 0 Å². The lowest BCUT2D eigenvalue weighted by Crippen LogP contribution is -2.38. The summed E-state index contributed by atoms with van der Waals surface area (Å²) in [4.78, 5) is 26.0. The lowest BCUT2D eigenvalue weighted by Gasteiger charge is -2.18. The Kier molecular flexibility index (Phi) is 5.41. The van der Waals surface area contributed by atoms with Crippen LogP contribution >= 0.6 is 0 Å². The van der Waals surface area contributed by atoms with E-state index in [4.69, 9.17) is 4.74 Å². The van der Waals surface area contributed by atoms with Gasteiger partial charge in [-0.05, 0) is 31.0 Å². The van der Waals surface area contributed by atoms with Gasteiger partial charge in [0.05, 0.1) is 13.0 Å². The fourth-order valence-electron chi connectivity index (χ4n) is 2.51. The van der Waals surface area contributed by atoms with Crippen LogP contribution in [0, 0.1) is 5.92 Å². The van der Waals surface area contributed by atoms with Gasteiger partial charge in [0.2, 0.25) is 11.8 Å². The maximum atomic E-state index is 12.1. The fourth-order valence-corrected chi connectivity index (χ4v) is 2.51. The maximum absolute atomic E-state index is 12.1. The van der Waals surface area contributed by atoms with E-state index in [-0.39, 0.29) is 23.8 Å². The SMILES string of the molecule is CC[C@@H](C)NC(=O)[C@H]1CC(=O)N(Cc2ccc(OC)cc2)C1. The van der Waals surface area contributed by atoms with Gasteiger partial charge in [-0.1, -0.05) is 19.1 Å². The fraction of sp³-hybridized carbons (Fsp3) is 0.529. The lowest BCUT2D eigenvalue weighted by molar-refractivity contribution is -0.129. The second kappa shape index (κ2) is 7.29. The van der Waals surface area contributed by atoms with Crippen molar-refractivity contribution in [1.82, 2.24) is 10.2 Å². The summed E-state index contributed by atoms with van der Waals surface area (Å²) >= 11 is 0. The summed E-state index contributed by atoms with van der Waals surface area (Å²) in [5.74, 6) is 0.585. The van der Waals surface area contributed by atoms with E-state index < -0.39 is 0 Å². The molecule has 0 spiro atoms. The molecule has 1 aliphatic rings. The normalized spacial score (nSPS) is 19.1. The number of nitrogens with one attached hydrogen (secondary N) is 1. The zero-order valence-corrected chi connectivity index (χ0v) is 13.5. The van der Waals surface area contributed by atoms with Crippen molar-refractivity contribution in [3.8, 4) is 5.75 Å². The molecule has 0 aliphatic carbocycles. The molecule has 2 atom stereocenters. The van der Waals surface area contributed by atoms with Crippen molar-refractivity contribution in [2.75, 3.05) is 13.7 Å². The molecule has 0 unspecified atom stereocenters. The zero-order valence-electron chi connectivity index (χ0n) is 13.5. The number of amides is 2. The molecule has 0 bridgehead atoms. The molecule has 5 nitrogen and oxygen atoms in total. The number of likely N-dealkylation sites (tertiary alicyclic amines) is 1. The number of rotatable bonds is 6. The number of methoxy groups -OCH3 is 1. The smallest absolute Gasteiger partial charge is 0.225 e. The van der Waals surface area contributed by atoms with Crippen LogP contribution in [0.15, 0.2) is 24.3 Å². The second-order valence-corrected chi connectivity index (χ2v) is 5.84. The summed E-state index contributed by atoms with van der Waals surface area (Å²) in [5, 5.41) is 2.96. The maximum Gasteiger partial charge on any atom is 0.225 e. The van der Waals surface area contributed by atoms with Crippen molar-refractivity contribution < 1.29 is 14.3 Å². The van der Waals surface area contributed by atoms with Crippen LogP contribution in [-0.2, 0) is 16.1 Å². The molecule has 2 amide bonds. The van der Waals surface area contributed by atoms with Gasteiger partial charge in [-0.25, -0.2) is 0 Å². The molecule has 0 aromatic heterocycles. The van der Waals surface area contributed by atoms with Gasteiger partial charge in [0.15, 0.2) is 0 Å². The number of carbonyl (C=O) groups excluding carboxylic acids is 2. The quantitative estimate of drug-likeness (QED) is 0.874. The second-order valence-electron chi connectivity index (χ2n) is 5.84. The largest absolute Gasteiger partial charge is 0.497 e. The van der Waals surface area contributed by atoms with Crippen LogP contribution in [0.4, 0.5) is 0 Å². The monoisotopic (exact) mass is 304 g/mol. The molecule has 1 saturated heterocycles. The standard InChI is InChI=1S/C17H24N2O3/c1-4-12(2)18-17(21)14-9-16(20)19(11-14)10-13-5-7-15(22-3)8-6-13/h5-8,12,14H,4,9-11H2,1-3H3,(H,18,21)/t12-,14+/m1/s1. The van der Waals surface area contributed by atoms with Gasteiger partial charge in [0.1, 0.15) is 5.75 Å². The molecule has 1 N–H and O–H groups in total. The first kappa shape index (κ1) is 16.3. The number of carbonyl (C=O) groups is 2. The Morgan fingerprint density at radius 2 is 2.09 bits per heavy atom. The summed E-state index contributed by atoms with van der Waals surface area (Å²) in [6, 6.07) is 7.79. The third-order valence-electron chi connectivity index (χ3n) is 4.12. The molecule has 1 fully saturated rings. The Labute approximate surface area is 131 Å². The Morgan fingerprint density at radius 3 is 2.68 bits per heavy atom. The summed E-state index contributed by atoms with van der Waals surface area (Å²) in [5.41, 5.74) is 1.04. The molecule has 5 heteroatoms. The molecular formula is C17H24N2O3. The van der Waals surface area contributed by atoms with Gasteiger partial charge in [-0.15, -0.1) is 0 Å². The van der Waals surface area contributed by atoms with Crippen LogP contribution < -0.4 is 10.1 Å². The number of hydrogen-bond donors (Lipinski definition) is 1. The Bertz CT molecular complexity index is 527. The van der Waals surface area contributed by atoms with Gasteiger partial charge in [0.25, 0.3) is 0 Å². The van der Waals surface area contributed by atoms with Crippen LogP contribution in [-0.4, -0.2) is 36.4 Å². The molecule has 120 valence electrons. The van der Waals surface area contributed by atoms with Crippen molar-refractivity contribution in [1.29, 1.82) is 0 Å².